The summed E-state index contributed by atoms with van der Waals surface area (Å²) in [5.74, 6) is -0.771. The number of rotatable bonds is 4. The number of alkyl halides is 3. The van der Waals surface area contributed by atoms with Crippen molar-refractivity contribution in [1.29, 1.82) is 0 Å². The van der Waals surface area contributed by atoms with Gasteiger partial charge in [-0.15, -0.1) is 0 Å². The van der Waals surface area contributed by atoms with Gasteiger partial charge in [-0.25, -0.2) is 0 Å². The van der Waals surface area contributed by atoms with Crippen LogP contribution in [0.15, 0.2) is 36.4 Å². The number of amides is 1. The number of benzene rings is 2. The monoisotopic (exact) mass is 564 g/mol. The molecule has 3 rings (SSSR count). The van der Waals surface area contributed by atoms with Gasteiger partial charge >= 0.3 is 6.18 Å². The van der Waals surface area contributed by atoms with E-state index in [0.717, 1.165) is 25.0 Å². The molecule has 0 saturated carbocycles. The smallest absolute Gasteiger partial charge is 0.366 e. The number of carbonyl (C=O) groups is 1. The summed E-state index contributed by atoms with van der Waals surface area (Å²) >= 11 is 6.73. The molecule has 0 aliphatic carbocycles. The normalized spacial score (nSPS) is 13.7. The summed E-state index contributed by atoms with van der Waals surface area (Å²) in [5, 5.41) is 15.8. The van der Waals surface area contributed by atoms with Gasteiger partial charge in [0.25, 0.3) is 11.6 Å². The van der Waals surface area contributed by atoms with Crippen molar-refractivity contribution in [1.82, 2.24) is 5.32 Å². The summed E-state index contributed by atoms with van der Waals surface area (Å²) in [6, 6.07) is 7.67. The van der Waals surface area contributed by atoms with Crippen LogP contribution in [-0.2, 0) is 6.18 Å². The van der Waals surface area contributed by atoms with Gasteiger partial charge in [-0.05, 0) is 78.0 Å². The molecule has 31 heavy (non-hydrogen) atoms. The molecule has 0 atom stereocenters. The van der Waals surface area contributed by atoms with Gasteiger partial charge in [0, 0.05) is 28.3 Å². The summed E-state index contributed by atoms with van der Waals surface area (Å²) in [6.07, 6.45) is -2.76. The second kappa shape index (κ2) is 9.34. The van der Waals surface area contributed by atoms with Crippen LogP contribution in [-0.4, -0.2) is 29.0 Å². The van der Waals surface area contributed by atoms with Crippen LogP contribution in [0.1, 0.15) is 28.8 Å². The van der Waals surface area contributed by atoms with Gasteiger partial charge in [-0.2, -0.15) is 13.2 Å². The van der Waals surface area contributed by atoms with Crippen molar-refractivity contribution in [2.75, 3.05) is 23.3 Å². The number of hydrogen-bond acceptors (Lipinski definition) is 5. The summed E-state index contributed by atoms with van der Waals surface area (Å²) in [6.45, 7) is 1.38. The SMILES string of the molecule is O=C(NC(=S)Nc1ccc(I)cc1C(F)(F)F)c1ccc(N2CCCC2)c([N+](=O)[O-])c1. The van der Waals surface area contributed by atoms with Crippen LogP contribution in [0.25, 0.3) is 0 Å². The van der Waals surface area contributed by atoms with E-state index in [2.05, 4.69) is 10.6 Å². The van der Waals surface area contributed by atoms with E-state index in [9.17, 15) is 28.1 Å². The fourth-order valence-corrected chi connectivity index (χ4v) is 3.92. The van der Waals surface area contributed by atoms with Crippen molar-refractivity contribution in [2.45, 2.75) is 19.0 Å². The molecule has 1 saturated heterocycles. The molecule has 1 aliphatic rings. The lowest BCUT2D eigenvalue weighted by atomic mass is 10.1. The largest absolute Gasteiger partial charge is 0.418 e. The maximum Gasteiger partial charge on any atom is 0.418 e. The quantitative estimate of drug-likeness (QED) is 0.237. The third-order valence-corrected chi connectivity index (χ3v) is 5.52. The number of carbonyl (C=O) groups excluding carboxylic acids is 1. The minimum absolute atomic E-state index is 0.0301. The Morgan fingerprint density at radius 2 is 1.84 bits per heavy atom. The predicted molar refractivity (Wildman–Crippen MR) is 122 cm³/mol. The average Bonchev–Trinajstić information content (AvgIpc) is 3.22. The van der Waals surface area contributed by atoms with Gasteiger partial charge in [0.2, 0.25) is 0 Å². The van der Waals surface area contributed by atoms with Gasteiger partial charge in [0.1, 0.15) is 5.69 Å². The number of nitro groups is 1. The van der Waals surface area contributed by atoms with Gasteiger partial charge in [0.15, 0.2) is 5.11 Å². The lowest BCUT2D eigenvalue weighted by Gasteiger charge is -2.18. The van der Waals surface area contributed by atoms with E-state index in [-0.39, 0.29) is 22.1 Å². The highest BCUT2D eigenvalue weighted by Gasteiger charge is 2.34. The minimum atomic E-state index is -4.62. The van der Waals surface area contributed by atoms with E-state index >= 15 is 0 Å². The molecule has 0 aromatic heterocycles. The van der Waals surface area contributed by atoms with Gasteiger partial charge in [-0.3, -0.25) is 20.2 Å². The standard InChI is InChI=1S/C19H16F3IN4O3S/c20-19(21,22)13-10-12(23)4-5-14(13)24-18(31)25-17(28)11-3-6-15(16(9-11)27(29)30)26-7-1-2-8-26/h3-6,9-10H,1-2,7-8H2,(H2,24,25,28,31). The van der Waals surface area contributed by atoms with Gasteiger partial charge in [-0.1, -0.05) is 0 Å². The first-order valence-electron chi connectivity index (χ1n) is 9.09. The van der Waals surface area contributed by atoms with E-state index in [1.54, 1.807) is 22.6 Å². The summed E-state index contributed by atoms with van der Waals surface area (Å²) in [5.41, 5.74) is -1.06. The highest BCUT2D eigenvalue weighted by Crippen LogP contribution is 2.36. The fourth-order valence-electron chi connectivity index (χ4n) is 3.23. The molecule has 1 fully saturated rings. The lowest BCUT2D eigenvalue weighted by molar-refractivity contribution is -0.384. The van der Waals surface area contributed by atoms with Crippen molar-refractivity contribution in [3.63, 3.8) is 0 Å². The summed E-state index contributed by atoms with van der Waals surface area (Å²) in [7, 11) is 0. The molecular formula is C19H16F3IN4O3S. The zero-order chi connectivity index (χ0) is 22.8. The van der Waals surface area contributed by atoms with Crippen molar-refractivity contribution in [3.05, 3.63) is 61.2 Å². The van der Waals surface area contributed by atoms with Crippen LogP contribution < -0.4 is 15.5 Å². The van der Waals surface area contributed by atoms with Crippen molar-refractivity contribution < 1.29 is 22.9 Å². The number of thiocarbonyl (C=S) groups is 1. The Bertz CT molecular complexity index is 1040. The second-order valence-corrected chi connectivity index (χ2v) is 8.40. The molecule has 0 radical (unpaired) electrons. The number of nitrogens with one attached hydrogen (secondary N) is 2. The van der Waals surface area contributed by atoms with Crippen LogP contribution >= 0.6 is 34.8 Å². The number of nitro benzene ring substituents is 1. The van der Waals surface area contributed by atoms with Crippen molar-refractivity contribution >= 4 is 62.9 Å². The molecule has 164 valence electrons. The van der Waals surface area contributed by atoms with E-state index in [1.807, 2.05) is 4.90 Å². The van der Waals surface area contributed by atoms with Crippen LogP contribution in [0.2, 0.25) is 0 Å². The van der Waals surface area contributed by atoms with Crippen LogP contribution in [0.3, 0.4) is 0 Å². The topological polar surface area (TPSA) is 87.5 Å². The first kappa shape index (κ1) is 23.2. The summed E-state index contributed by atoms with van der Waals surface area (Å²) < 4.78 is 40.1. The third kappa shape index (κ3) is 5.61. The molecule has 0 unspecified atom stereocenters. The van der Waals surface area contributed by atoms with E-state index in [1.165, 1.54) is 24.3 Å². The molecule has 1 aliphatic heterocycles. The number of anilines is 2. The molecule has 12 heteroatoms. The first-order valence-corrected chi connectivity index (χ1v) is 10.6. The Balaban J connectivity index is 1.77. The maximum absolute atomic E-state index is 13.3. The van der Waals surface area contributed by atoms with Crippen LogP contribution in [0.4, 0.5) is 30.2 Å². The lowest BCUT2D eigenvalue weighted by Crippen LogP contribution is -2.34. The maximum atomic E-state index is 13.3. The minimum Gasteiger partial charge on any atom is -0.366 e. The van der Waals surface area contributed by atoms with E-state index in [0.29, 0.717) is 22.3 Å². The molecule has 2 aromatic rings. The average molecular weight is 564 g/mol. The molecule has 2 aromatic carbocycles. The Morgan fingerprint density at radius 1 is 1.16 bits per heavy atom. The number of nitrogens with zero attached hydrogens (tertiary/aromatic N) is 2. The Morgan fingerprint density at radius 3 is 2.45 bits per heavy atom. The predicted octanol–water partition coefficient (Wildman–Crippen LogP) is 4.95. The molecule has 2 N–H and O–H groups in total. The van der Waals surface area contributed by atoms with Gasteiger partial charge < -0.3 is 10.2 Å². The molecule has 1 heterocycles. The fraction of sp³-hybridized carbons (Fsp3) is 0.263. The molecule has 7 nitrogen and oxygen atoms in total. The molecule has 0 spiro atoms. The Hall–Kier alpha value is -2.48. The highest BCUT2D eigenvalue weighted by atomic mass is 127. The molecule has 1 amide bonds. The second-order valence-electron chi connectivity index (χ2n) is 6.75. The number of halogens is 4. The first-order chi connectivity index (χ1) is 14.6. The summed E-state index contributed by atoms with van der Waals surface area (Å²) in [4.78, 5) is 25.3. The number of hydrogen-bond donors (Lipinski definition) is 2. The zero-order valence-electron chi connectivity index (χ0n) is 15.8. The van der Waals surface area contributed by atoms with Crippen LogP contribution in [0.5, 0.6) is 0 Å². The third-order valence-electron chi connectivity index (χ3n) is 4.64. The zero-order valence-corrected chi connectivity index (χ0v) is 18.8. The Labute approximate surface area is 194 Å². The molecule has 0 bridgehead atoms. The van der Waals surface area contributed by atoms with E-state index in [4.69, 9.17) is 12.2 Å². The van der Waals surface area contributed by atoms with Gasteiger partial charge in [0.05, 0.1) is 16.2 Å². The Kier molecular flexibility index (Phi) is 6.99. The van der Waals surface area contributed by atoms with Crippen molar-refractivity contribution in [2.24, 2.45) is 0 Å². The molecular weight excluding hydrogens is 548 g/mol. The van der Waals surface area contributed by atoms with E-state index < -0.39 is 22.6 Å². The van der Waals surface area contributed by atoms with Crippen LogP contribution in [0, 0.1) is 13.7 Å². The highest BCUT2D eigenvalue weighted by molar-refractivity contribution is 14.1. The van der Waals surface area contributed by atoms with Crippen molar-refractivity contribution in [3.8, 4) is 0 Å².